The number of benzene rings is 1. The van der Waals surface area contributed by atoms with E-state index in [0.717, 1.165) is 11.3 Å². The summed E-state index contributed by atoms with van der Waals surface area (Å²) in [6.45, 7) is 5.24. The second-order valence-electron chi connectivity index (χ2n) is 5.47. The number of hydrogen-bond donors (Lipinski definition) is 1. The van der Waals surface area contributed by atoms with Gasteiger partial charge in [0.1, 0.15) is 5.75 Å². The molecule has 114 valence electrons. The molecule has 0 radical (unpaired) electrons. The fourth-order valence-corrected chi connectivity index (χ4v) is 2.65. The highest BCUT2D eigenvalue weighted by molar-refractivity contribution is 5.81. The van der Waals surface area contributed by atoms with E-state index in [1.807, 2.05) is 38.1 Å². The number of hydrogen-bond acceptors (Lipinski definition) is 3. The maximum atomic E-state index is 12.2. The van der Waals surface area contributed by atoms with Crippen molar-refractivity contribution in [2.75, 3.05) is 19.7 Å². The Balaban J connectivity index is 1.94. The number of nitrogens with zero attached hydrogens (tertiary/aromatic N) is 1. The third-order valence-corrected chi connectivity index (χ3v) is 3.87. The minimum atomic E-state index is -0.820. The molecule has 0 unspecified atom stereocenters. The Morgan fingerprint density at radius 3 is 2.48 bits per heavy atom. The lowest BCUT2D eigenvalue weighted by molar-refractivity contribution is -0.142. The van der Waals surface area contributed by atoms with Gasteiger partial charge in [-0.2, -0.15) is 0 Å². The predicted octanol–water partition coefficient (Wildman–Crippen LogP) is 1.81. The van der Waals surface area contributed by atoms with Crippen LogP contribution in [-0.2, 0) is 16.0 Å². The largest absolute Gasteiger partial charge is 0.494 e. The fourth-order valence-electron chi connectivity index (χ4n) is 2.65. The van der Waals surface area contributed by atoms with E-state index in [-0.39, 0.29) is 11.8 Å². The van der Waals surface area contributed by atoms with Crippen LogP contribution in [0.3, 0.4) is 0 Å². The standard InChI is InChI=1S/C16H21NO4/c1-3-21-13-6-4-12(5-7-13)8-15(18)17-9-11(2)14(10-17)16(19)20/h4-7,11,14H,3,8-10H2,1-2H3,(H,19,20)/t11-,14-/m1/s1. The van der Waals surface area contributed by atoms with Gasteiger partial charge in [-0.1, -0.05) is 19.1 Å². The minimum Gasteiger partial charge on any atom is -0.494 e. The number of aliphatic carboxylic acids is 1. The second kappa shape index (κ2) is 6.61. The van der Waals surface area contributed by atoms with Crippen LogP contribution < -0.4 is 4.74 Å². The molecule has 1 N–H and O–H groups in total. The molecule has 0 bridgehead atoms. The number of ether oxygens (including phenoxy) is 1. The van der Waals surface area contributed by atoms with Crippen LogP contribution in [0.25, 0.3) is 0 Å². The summed E-state index contributed by atoms with van der Waals surface area (Å²) >= 11 is 0. The fraction of sp³-hybridized carbons (Fsp3) is 0.500. The van der Waals surface area contributed by atoms with Gasteiger partial charge >= 0.3 is 5.97 Å². The first-order valence-electron chi connectivity index (χ1n) is 7.23. The molecular formula is C16H21NO4. The third kappa shape index (κ3) is 3.74. The molecule has 1 fully saturated rings. The van der Waals surface area contributed by atoms with Crippen LogP contribution in [0.5, 0.6) is 5.75 Å². The van der Waals surface area contributed by atoms with Crippen molar-refractivity contribution in [3.63, 3.8) is 0 Å². The molecule has 5 heteroatoms. The molecule has 0 aliphatic carbocycles. The molecule has 21 heavy (non-hydrogen) atoms. The first-order valence-corrected chi connectivity index (χ1v) is 7.23. The Bertz CT molecular complexity index is 512. The molecule has 1 amide bonds. The highest BCUT2D eigenvalue weighted by Gasteiger charge is 2.36. The smallest absolute Gasteiger partial charge is 0.308 e. The molecule has 0 saturated carbocycles. The number of carbonyl (C=O) groups excluding carboxylic acids is 1. The summed E-state index contributed by atoms with van der Waals surface area (Å²) in [5.74, 6) is -0.496. The number of likely N-dealkylation sites (tertiary alicyclic amines) is 1. The molecule has 2 rings (SSSR count). The molecular weight excluding hydrogens is 270 g/mol. The van der Waals surface area contributed by atoms with E-state index in [2.05, 4.69) is 0 Å². The van der Waals surface area contributed by atoms with E-state index < -0.39 is 11.9 Å². The van der Waals surface area contributed by atoms with Crippen molar-refractivity contribution in [3.8, 4) is 5.75 Å². The van der Waals surface area contributed by atoms with Crippen LogP contribution >= 0.6 is 0 Å². The summed E-state index contributed by atoms with van der Waals surface area (Å²) < 4.78 is 5.36. The number of carboxylic acid groups (broad SMARTS) is 1. The summed E-state index contributed by atoms with van der Waals surface area (Å²) in [7, 11) is 0. The van der Waals surface area contributed by atoms with Gasteiger partial charge in [0, 0.05) is 13.1 Å². The first-order chi connectivity index (χ1) is 10.0. The molecule has 1 aliphatic heterocycles. The van der Waals surface area contributed by atoms with Gasteiger partial charge in [-0.15, -0.1) is 0 Å². The average Bonchev–Trinajstić information content (AvgIpc) is 2.84. The van der Waals surface area contributed by atoms with Crippen molar-refractivity contribution >= 4 is 11.9 Å². The summed E-state index contributed by atoms with van der Waals surface area (Å²) in [5.41, 5.74) is 0.912. The van der Waals surface area contributed by atoms with Crippen molar-refractivity contribution in [3.05, 3.63) is 29.8 Å². The Hall–Kier alpha value is -2.04. The minimum absolute atomic E-state index is 0.00628. The van der Waals surface area contributed by atoms with Gasteiger partial charge in [0.15, 0.2) is 0 Å². The molecule has 0 aromatic heterocycles. The van der Waals surface area contributed by atoms with E-state index in [0.29, 0.717) is 26.1 Å². The summed E-state index contributed by atoms with van der Waals surface area (Å²) in [5, 5.41) is 9.10. The van der Waals surface area contributed by atoms with Crippen molar-refractivity contribution in [1.82, 2.24) is 4.90 Å². The zero-order valence-electron chi connectivity index (χ0n) is 12.4. The van der Waals surface area contributed by atoms with Gasteiger partial charge in [-0.3, -0.25) is 9.59 Å². The summed E-state index contributed by atoms with van der Waals surface area (Å²) in [4.78, 5) is 25.0. The molecule has 1 saturated heterocycles. The highest BCUT2D eigenvalue weighted by Crippen LogP contribution is 2.24. The van der Waals surface area contributed by atoms with E-state index in [1.54, 1.807) is 4.90 Å². The molecule has 0 spiro atoms. The van der Waals surface area contributed by atoms with Crippen molar-refractivity contribution < 1.29 is 19.4 Å². The summed E-state index contributed by atoms with van der Waals surface area (Å²) in [6.07, 6.45) is 0.297. The Morgan fingerprint density at radius 1 is 1.29 bits per heavy atom. The van der Waals surface area contributed by atoms with Gasteiger partial charge in [0.05, 0.1) is 18.9 Å². The Morgan fingerprint density at radius 2 is 1.95 bits per heavy atom. The van der Waals surface area contributed by atoms with Crippen LogP contribution in [0.2, 0.25) is 0 Å². The SMILES string of the molecule is CCOc1ccc(CC(=O)N2C[C@@H](C)[C@H](C(=O)O)C2)cc1. The summed E-state index contributed by atoms with van der Waals surface area (Å²) in [6, 6.07) is 7.44. The molecule has 1 aromatic carbocycles. The maximum absolute atomic E-state index is 12.2. The van der Waals surface area contributed by atoms with Gasteiger partial charge in [-0.05, 0) is 30.5 Å². The molecule has 1 heterocycles. The van der Waals surface area contributed by atoms with Crippen molar-refractivity contribution in [2.45, 2.75) is 20.3 Å². The monoisotopic (exact) mass is 291 g/mol. The highest BCUT2D eigenvalue weighted by atomic mass is 16.5. The lowest BCUT2D eigenvalue weighted by Crippen LogP contribution is -2.31. The van der Waals surface area contributed by atoms with Crippen LogP contribution in [-0.4, -0.2) is 41.6 Å². The Kier molecular flexibility index (Phi) is 4.83. The van der Waals surface area contributed by atoms with Crippen LogP contribution in [0.15, 0.2) is 24.3 Å². The topological polar surface area (TPSA) is 66.8 Å². The number of rotatable bonds is 5. The number of carbonyl (C=O) groups is 2. The first kappa shape index (κ1) is 15.4. The lowest BCUT2D eigenvalue weighted by Gasteiger charge is -2.16. The third-order valence-electron chi connectivity index (χ3n) is 3.87. The number of amides is 1. The zero-order valence-corrected chi connectivity index (χ0v) is 12.4. The van der Waals surface area contributed by atoms with Gasteiger partial charge in [0.2, 0.25) is 5.91 Å². The average molecular weight is 291 g/mol. The van der Waals surface area contributed by atoms with E-state index in [4.69, 9.17) is 9.84 Å². The van der Waals surface area contributed by atoms with Crippen molar-refractivity contribution in [1.29, 1.82) is 0 Å². The van der Waals surface area contributed by atoms with E-state index in [9.17, 15) is 9.59 Å². The maximum Gasteiger partial charge on any atom is 0.308 e. The van der Waals surface area contributed by atoms with Crippen molar-refractivity contribution in [2.24, 2.45) is 11.8 Å². The quantitative estimate of drug-likeness (QED) is 0.898. The molecule has 1 aliphatic rings. The van der Waals surface area contributed by atoms with Gasteiger partial charge < -0.3 is 14.7 Å². The molecule has 1 aromatic rings. The zero-order chi connectivity index (χ0) is 15.4. The van der Waals surface area contributed by atoms with E-state index in [1.165, 1.54) is 0 Å². The number of carboxylic acids is 1. The predicted molar refractivity (Wildman–Crippen MR) is 78.2 cm³/mol. The van der Waals surface area contributed by atoms with Gasteiger partial charge in [0.25, 0.3) is 0 Å². The normalized spacial score (nSPS) is 21.3. The van der Waals surface area contributed by atoms with Crippen LogP contribution in [0.4, 0.5) is 0 Å². The molecule has 2 atom stereocenters. The van der Waals surface area contributed by atoms with Gasteiger partial charge in [-0.25, -0.2) is 0 Å². The Labute approximate surface area is 124 Å². The molecule has 5 nitrogen and oxygen atoms in total. The lowest BCUT2D eigenvalue weighted by atomic mass is 9.99. The van der Waals surface area contributed by atoms with Crippen LogP contribution in [0, 0.1) is 11.8 Å². The second-order valence-corrected chi connectivity index (χ2v) is 5.47. The van der Waals surface area contributed by atoms with Crippen LogP contribution in [0.1, 0.15) is 19.4 Å². The van der Waals surface area contributed by atoms with E-state index >= 15 is 0 Å².